The van der Waals surface area contributed by atoms with E-state index in [0.29, 0.717) is 12.1 Å². The van der Waals surface area contributed by atoms with Crippen LogP contribution in [0.25, 0.3) is 0 Å². The van der Waals surface area contributed by atoms with E-state index in [0.717, 1.165) is 23.4 Å². The molecule has 102 valence electrons. The highest BCUT2D eigenvalue weighted by molar-refractivity contribution is 5.09. The lowest BCUT2D eigenvalue weighted by Crippen LogP contribution is -2.35. The third-order valence-electron chi connectivity index (χ3n) is 4.39. The monoisotopic (exact) mass is 249 g/mol. The fraction of sp³-hybridized carbons (Fsp3) is 0.750. The summed E-state index contributed by atoms with van der Waals surface area (Å²) in [6, 6.07) is 5.13. The van der Waals surface area contributed by atoms with Gasteiger partial charge in [-0.05, 0) is 63.5 Å². The summed E-state index contributed by atoms with van der Waals surface area (Å²) >= 11 is 0. The van der Waals surface area contributed by atoms with Crippen LogP contribution in [0.2, 0.25) is 0 Å². The molecule has 2 rings (SSSR count). The Morgan fingerprint density at radius 1 is 1.11 bits per heavy atom. The minimum Gasteiger partial charge on any atom is -0.465 e. The molecule has 0 radical (unpaired) electrons. The van der Waals surface area contributed by atoms with Crippen molar-refractivity contribution in [3.63, 3.8) is 0 Å². The lowest BCUT2D eigenvalue weighted by Gasteiger charge is -2.32. The van der Waals surface area contributed by atoms with Gasteiger partial charge >= 0.3 is 0 Å². The standard InChI is InChI=1S/C16H27NO/c1-11(2)14-6-8-15(9-7-14)17-13(4)16-10-5-12(3)18-16/h5,10-11,13-15,17H,6-9H2,1-4H3. The first-order valence-corrected chi connectivity index (χ1v) is 7.38. The second-order valence-corrected chi connectivity index (χ2v) is 6.19. The number of hydrogen-bond acceptors (Lipinski definition) is 2. The van der Waals surface area contributed by atoms with Crippen molar-refractivity contribution in [2.45, 2.75) is 65.5 Å². The normalized spacial score (nSPS) is 26.5. The molecule has 1 aliphatic carbocycles. The zero-order valence-electron chi connectivity index (χ0n) is 12.2. The van der Waals surface area contributed by atoms with E-state index in [-0.39, 0.29) is 0 Å². The first kappa shape index (κ1) is 13.7. The molecule has 1 saturated carbocycles. The minimum absolute atomic E-state index is 0.333. The van der Waals surface area contributed by atoms with E-state index in [9.17, 15) is 0 Å². The Balaban J connectivity index is 1.81. The number of aryl methyl sites for hydroxylation is 1. The highest BCUT2D eigenvalue weighted by Gasteiger charge is 2.24. The van der Waals surface area contributed by atoms with Crippen LogP contribution in [0.15, 0.2) is 16.5 Å². The third-order valence-corrected chi connectivity index (χ3v) is 4.39. The van der Waals surface area contributed by atoms with E-state index in [1.54, 1.807) is 0 Å². The Bertz CT molecular complexity index is 361. The predicted octanol–water partition coefficient (Wildman–Crippen LogP) is 4.45. The zero-order chi connectivity index (χ0) is 13.1. The molecule has 18 heavy (non-hydrogen) atoms. The van der Waals surface area contributed by atoms with Crippen molar-refractivity contribution in [3.8, 4) is 0 Å². The van der Waals surface area contributed by atoms with Gasteiger partial charge in [0.1, 0.15) is 11.5 Å². The molecule has 0 aliphatic heterocycles. The van der Waals surface area contributed by atoms with Crippen LogP contribution in [0.1, 0.15) is 64.0 Å². The number of hydrogen-bond donors (Lipinski definition) is 1. The molecule has 2 nitrogen and oxygen atoms in total. The van der Waals surface area contributed by atoms with Crippen LogP contribution in [0.4, 0.5) is 0 Å². The lowest BCUT2D eigenvalue weighted by atomic mass is 9.79. The largest absolute Gasteiger partial charge is 0.465 e. The van der Waals surface area contributed by atoms with Crippen molar-refractivity contribution < 1.29 is 4.42 Å². The molecule has 2 heteroatoms. The fourth-order valence-electron chi connectivity index (χ4n) is 3.07. The number of rotatable bonds is 4. The number of furan rings is 1. The van der Waals surface area contributed by atoms with Gasteiger partial charge in [0.05, 0.1) is 6.04 Å². The molecule has 0 amide bonds. The van der Waals surface area contributed by atoms with Gasteiger partial charge in [-0.3, -0.25) is 0 Å². The quantitative estimate of drug-likeness (QED) is 0.852. The lowest BCUT2D eigenvalue weighted by molar-refractivity contribution is 0.226. The van der Waals surface area contributed by atoms with Crippen molar-refractivity contribution in [2.75, 3.05) is 0 Å². The molecule has 0 aromatic carbocycles. The molecular weight excluding hydrogens is 222 g/mol. The average Bonchev–Trinajstić information content (AvgIpc) is 2.76. The number of nitrogens with one attached hydrogen (secondary N) is 1. The molecule has 0 bridgehead atoms. The molecule has 1 aliphatic rings. The molecule has 1 aromatic heterocycles. The van der Waals surface area contributed by atoms with Gasteiger partial charge in [0, 0.05) is 6.04 Å². The molecule has 0 saturated heterocycles. The Morgan fingerprint density at radius 2 is 1.78 bits per heavy atom. The molecule has 1 fully saturated rings. The van der Waals surface area contributed by atoms with Crippen molar-refractivity contribution in [1.82, 2.24) is 5.32 Å². The van der Waals surface area contributed by atoms with Gasteiger partial charge in [-0.2, -0.15) is 0 Å². The summed E-state index contributed by atoms with van der Waals surface area (Å²) in [7, 11) is 0. The van der Waals surface area contributed by atoms with Crippen LogP contribution in [0, 0.1) is 18.8 Å². The third kappa shape index (κ3) is 3.38. The van der Waals surface area contributed by atoms with Gasteiger partial charge in [0.15, 0.2) is 0 Å². The average molecular weight is 249 g/mol. The molecule has 1 atom stereocenters. The van der Waals surface area contributed by atoms with Gasteiger partial charge < -0.3 is 9.73 Å². The SMILES string of the molecule is Cc1ccc(C(C)NC2CCC(C(C)C)CC2)o1. The Kier molecular flexibility index (Phi) is 4.50. The van der Waals surface area contributed by atoms with Crippen LogP contribution in [-0.2, 0) is 0 Å². The molecular formula is C16H27NO. The molecule has 1 unspecified atom stereocenters. The van der Waals surface area contributed by atoms with Crippen LogP contribution in [-0.4, -0.2) is 6.04 Å². The summed E-state index contributed by atoms with van der Waals surface area (Å²) in [5, 5.41) is 3.71. The summed E-state index contributed by atoms with van der Waals surface area (Å²) < 4.78 is 5.68. The zero-order valence-corrected chi connectivity index (χ0v) is 12.2. The molecule has 1 heterocycles. The molecule has 0 spiro atoms. The maximum atomic E-state index is 5.68. The smallest absolute Gasteiger partial charge is 0.120 e. The van der Waals surface area contributed by atoms with Gasteiger partial charge in [-0.1, -0.05) is 13.8 Å². The van der Waals surface area contributed by atoms with Crippen LogP contribution in [0.5, 0.6) is 0 Å². The highest BCUT2D eigenvalue weighted by Crippen LogP contribution is 2.31. The summed E-state index contributed by atoms with van der Waals surface area (Å²) in [6.07, 6.45) is 5.37. The van der Waals surface area contributed by atoms with Crippen molar-refractivity contribution in [2.24, 2.45) is 11.8 Å². The van der Waals surface area contributed by atoms with E-state index in [4.69, 9.17) is 4.42 Å². The van der Waals surface area contributed by atoms with Gasteiger partial charge in [-0.25, -0.2) is 0 Å². The Labute approximate surface area is 111 Å². The fourth-order valence-corrected chi connectivity index (χ4v) is 3.07. The topological polar surface area (TPSA) is 25.2 Å². The van der Waals surface area contributed by atoms with Crippen LogP contribution < -0.4 is 5.32 Å². The van der Waals surface area contributed by atoms with E-state index < -0.39 is 0 Å². The van der Waals surface area contributed by atoms with E-state index in [1.807, 2.05) is 13.0 Å². The van der Waals surface area contributed by atoms with Gasteiger partial charge in [0.2, 0.25) is 0 Å². The Morgan fingerprint density at radius 3 is 2.28 bits per heavy atom. The summed E-state index contributed by atoms with van der Waals surface area (Å²) in [4.78, 5) is 0. The minimum atomic E-state index is 0.333. The van der Waals surface area contributed by atoms with Crippen molar-refractivity contribution in [1.29, 1.82) is 0 Å². The van der Waals surface area contributed by atoms with E-state index in [2.05, 4.69) is 32.2 Å². The van der Waals surface area contributed by atoms with E-state index in [1.165, 1.54) is 25.7 Å². The van der Waals surface area contributed by atoms with Crippen LogP contribution >= 0.6 is 0 Å². The summed E-state index contributed by atoms with van der Waals surface area (Å²) in [5.41, 5.74) is 0. The maximum absolute atomic E-state index is 5.68. The second kappa shape index (κ2) is 5.92. The van der Waals surface area contributed by atoms with Crippen LogP contribution in [0.3, 0.4) is 0 Å². The highest BCUT2D eigenvalue weighted by atomic mass is 16.3. The predicted molar refractivity (Wildman–Crippen MR) is 75.6 cm³/mol. The summed E-state index contributed by atoms with van der Waals surface area (Å²) in [5.74, 6) is 3.85. The van der Waals surface area contributed by atoms with Crippen molar-refractivity contribution >= 4 is 0 Å². The first-order chi connectivity index (χ1) is 8.56. The Hall–Kier alpha value is -0.760. The summed E-state index contributed by atoms with van der Waals surface area (Å²) in [6.45, 7) is 8.91. The second-order valence-electron chi connectivity index (χ2n) is 6.19. The molecule has 1 aromatic rings. The molecule has 1 N–H and O–H groups in total. The first-order valence-electron chi connectivity index (χ1n) is 7.38. The maximum Gasteiger partial charge on any atom is 0.120 e. The van der Waals surface area contributed by atoms with Crippen molar-refractivity contribution in [3.05, 3.63) is 23.7 Å². The van der Waals surface area contributed by atoms with Gasteiger partial charge in [0.25, 0.3) is 0 Å². The van der Waals surface area contributed by atoms with Gasteiger partial charge in [-0.15, -0.1) is 0 Å². The van der Waals surface area contributed by atoms with E-state index >= 15 is 0 Å².